The van der Waals surface area contributed by atoms with Crippen molar-refractivity contribution in [3.63, 3.8) is 0 Å². The van der Waals surface area contributed by atoms with E-state index in [-0.39, 0.29) is 23.1 Å². The molecule has 2 aromatic rings. The fraction of sp³-hybridized carbons (Fsp3) is 0.353. The molecule has 2 N–H and O–H groups in total. The second-order valence-corrected chi connectivity index (χ2v) is 5.91. The van der Waals surface area contributed by atoms with Crippen LogP contribution in [0.25, 0.3) is 0 Å². The average Bonchev–Trinajstić information content (AvgIpc) is 2.54. The lowest BCUT2D eigenvalue weighted by atomic mass is 10.1. The molecule has 1 heterocycles. The maximum atomic E-state index is 13.0. The maximum Gasteiger partial charge on any atom is 0.418 e. The molecule has 25 heavy (non-hydrogen) atoms. The summed E-state index contributed by atoms with van der Waals surface area (Å²) in [6.45, 7) is 4.62. The van der Waals surface area contributed by atoms with Gasteiger partial charge in [-0.15, -0.1) is 10.2 Å². The Morgan fingerprint density at radius 3 is 2.44 bits per heavy atom. The van der Waals surface area contributed by atoms with Crippen molar-refractivity contribution in [1.29, 1.82) is 0 Å². The van der Waals surface area contributed by atoms with E-state index in [2.05, 4.69) is 20.8 Å². The summed E-state index contributed by atoms with van der Waals surface area (Å²) >= 11 is 0. The van der Waals surface area contributed by atoms with E-state index in [9.17, 15) is 18.0 Å². The topological polar surface area (TPSA) is 66.9 Å². The molecule has 0 bridgehead atoms. The number of anilines is 2. The largest absolute Gasteiger partial charge is 0.418 e. The van der Waals surface area contributed by atoms with E-state index < -0.39 is 11.7 Å². The second-order valence-electron chi connectivity index (χ2n) is 5.91. The van der Waals surface area contributed by atoms with Crippen LogP contribution in [0, 0.1) is 5.92 Å². The Kier molecular flexibility index (Phi) is 5.95. The molecule has 0 fully saturated rings. The summed E-state index contributed by atoms with van der Waals surface area (Å²) < 4.78 is 38.9. The molecule has 8 heteroatoms. The number of halogens is 3. The standard InChI is InChI=1S/C17H19F3N4O/c1-11(2)9-10-21-16(25)14-7-8-15(24-23-14)22-13-6-4-3-5-12(13)17(18,19)20/h3-8,11H,9-10H2,1-2H3,(H,21,25)(H,22,24). The third-order valence-electron chi connectivity index (χ3n) is 3.40. The fourth-order valence-corrected chi connectivity index (χ4v) is 2.06. The number of alkyl halides is 3. The first-order valence-electron chi connectivity index (χ1n) is 7.82. The Labute approximate surface area is 143 Å². The van der Waals surface area contributed by atoms with Gasteiger partial charge in [0.2, 0.25) is 0 Å². The van der Waals surface area contributed by atoms with Gasteiger partial charge in [0.05, 0.1) is 11.3 Å². The Balaban J connectivity index is 2.05. The van der Waals surface area contributed by atoms with Crippen LogP contribution < -0.4 is 10.6 Å². The number of rotatable bonds is 6. The Bertz CT molecular complexity index is 715. The van der Waals surface area contributed by atoms with Gasteiger partial charge in [-0.25, -0.2) is 0 Å². The van der Waals surface area contributed by atoms with E-state index in [0.717, 1.165) is 12.5 Å². The van der Waals surface area contributed by atoms with E-state index in [1.54, 1.807) is 0 Å². The predicted molar refractivity (Wildman–Crippen MR) is 88.5 cm³/mol. The number of carbonyl (C=O) groups is 1. The Hall–Kier alpha value is -2.64. The second kappa shape index (κ2) is 7.96. The summed E-state index contributed by atoms with van der Waals surface area (Å²) in [5.74, 6) is 0.220. The number of aromatic nitrogens is 2. The van der Waals surface area contributed by atoms with Gasteiger partial charge in [0, 0.05) is 6.54 Å². The number of nitrogens with one attached hydrogen (secondary N) is 2. The smallest absolute Gasteiger partial charge is 0.351 e. The van der Waals surface area contributed by atoms with Gasteiger partial charge >= 0.3 is 6.18 Å². The van der Waals surface area contributed by atoms with Crippen molar-refractivity contribution in [3.8, 4) is 0 Å². The highest BCUT2D eigenvalue weighted by Gasteiger charge is 2.33. The first-order valence-corrected chi connectivity index (χ1v) is 7.82. The molecule has 5 nitrogen and oxygen atoms in total. The van der Waals surface area contributed by atoms with Crippen LogP contribution in [0.15, 0.2) is 36.4 Å². The third kappa shape index (κ3) is 5.44. The number of amides is 1. The van der Waals surface area contributed by atoms with Crippen molar-refractivity contribution >= 4 is 17.4 Å². The van der Waals surface area contributed by atoms with Crippen molar-refractivity contribution in [2.24, 2.45) is 5.92 Å². The molecule has 2 rings (SSSR count). The molecule has 1 aromatic carbocycles. The molecule has 0 aliphatic rings. The lowest BCUT2D eigenvalue weighted by Crippen LogP contribution is -2.26. The van der Waals surface area contributed by atoms with E-state index in [0.29, 0.717) is 12.5 Å². The van der Waals surface area contributed by atoms with Crippen molar-refractivity contribution in [1.82, 2.24) is 15.5 Å². The number of carbonyl (C=O) groups excluding carboxylic acids is 1. The molecule has 1 aromatic heterocycles. The highest BCUT2D eigenvalue weighted by atomic mass is 19.4. The molecule has 0 unspecified atom stereocenters. The number of nitrogens with zero attached hydrogens (tertiary/aromatic N) is 2. The van der Waals surface area contributed by atoms with E-state index in [4.69, 9.17) is 0 Å². The first kappa shape index (κ1) is 18.7. The molecule has 0 aliphatic carbocycles. The highest BCUT2D eigenvalue weighted by molar-refractivity contribution is 5.92. The minimum absolute atomic E-state index is 0.110. The number of para-hydroxylation sites is 1. The minimum Gasteiger partial charge on any atom is -0.351 e. The summed E-state index contributed by atoms with van der Waals surface area (Å²) in [6.07, 6.45) is -3.64. The first-order chi connectivity index (χ1) is 11.8. The molecule has 0 radical (unpaired) electrons. The minimum atomic E-state index is -4.48. The predicted octanol–water partition coefficient (Wildman–Crippen LogP) is 4.01. The van der Waals surface area contributed by atoms with E-state index >= 15 is 0 Å². The summed E-state index contributed by atoms with van der Waals surface area (Å²) in [5, 5.41) is 12.8. The van der Waals surface area contributed by atoms with Gasteiger partial charge in [0.25, 0.3) is 5.91 Å². The summed E-state index contributed by atoms with van der Waals surface area (Å²) in [5.41, 5.74) is -0.816. The maximum absolute atomic E-state index is 13.0. The number of hydrogen-bond donors (Lipinski definition) is 2. The van der Waals surface area contributed by atoms with Crippen LogP contribution in [-0.4, -0.2) is 22.6 Å². The van der Waals surface area contributed by atoms with Crippen LogP contribution in [0.2, 0.25) is 0 Å². The molecule has 0 saturated heterocycles. The van der Waals surface area contributed by atoms with Crippen molar-refractivity contribution in [3.05, 3.63) is 47.7 Å². The zero-order valence-corrected chi connectivity index (χ0v) is 13.9. The molecule has 0 saturated carbocycles. The lowest BCUT2D eigenvalue weighted by Gasteiger charge is -2.13. The number of hydrogen-bond acceptors (Lipinski definition) is 4. The number of benzene rings is 1. The molecule has 0 spiro atoms. The van der Waals surface area contributed by atoms with Gasteiger partial charge in [0.1, 0.15) is 0 Å². The summed E-state index contributed by atoms with van der Waals surface area (Å²) in [6, 6.07) is 7.91. The Morgan fingerprint density at radius 1 is 1.12 bits per heavy atom. The van der Waals surface area contributed by atoms with Gasteiger partial charge in [0.15, 0.2) is 11.5 Å². The fourth-order valence-electron chi connectivity index (χ4n) is 2.06. The van der Waals surface area contributed by atoms with Crippen molar-refractivity contribution in [2.75, 3.05) is 11.9 Å². The third-order valence-corrected chi connectivity index (χ3v) is 3.40. The van der Waals surface area contributed by atoms with Crippen molar-refractivity contribution in [2.45, 2.75) is 26.4 Å². The van der Waals surface area contributed by atoms with E-state index in [1.807, 2.05) is 13.8 Å². The Morgan fingerprint density at radius 2 is 1.84 bits per heavy atom. The monoisotopic (exact) mass is 352 g/mol. The van der Waals surface area contributed by atoms with E-state index in [1.165, 1.54) is 30.3 Å². The quantitative estimate of drug-likeness (QED) is 0.824. The van der Waals surface area contributed by atoms with Crippen LogP contribution in [-0.2, 0) is 6.18 Å². The van der Waals surface area contributed by atoms with Gasteiger partial charge in [-0.05, 0) is 36.6 Å². The van der Waals surface area contributed by atoms with Gasteiger partial charge in [-0.2, -0.15) is 13.2 Å². The van der Waals surface area contributed by atoms with Crippen LogP contribution in [0.3, 0.4) is 0 Å². The normalized spacial score (nSPS) is 11.4. The molecular weight excluding hydrogens is 333 g/mol. The summed E-state index contributed by atoms with van der Waals surface area (Å²) in [4.78, 5) is 11.9. The van der Waals surface area contributed by atoms with Gasteiger partial charge < -0.3 is 10.6 Å². The molecular formula is C17H19F3N4O. The highest BCUT2D eigenvalue weighted by Crippen LogP contribution is 2.35. The zero-order chi connectivity index (χ0) is 18.4. The molecule has 1 amide bonds. The van der Waals surface area contributed by atoms with Gasteiger partial charge in [-0.3, -0.25) is 4.79 Å². The van der Waals surface area contributed by atoms with Crippen LogP contribution in [0.4, 0.5) is 24.7 Å². The van der Waals surface area contributed by atoms with Crippen molar-refractivity contribution < 1.29 is 18.0 Å². The van der Waals surface area contributed by atoms with Crippen LogP contribution in [0.5, 0.6) is 0 Å². The molecule has 134 valence electrons. The lowest BCUT2D eigenvalue weighted by molar-refractivity contribution is -0.136. The zero-order valence-electron chi connectivity index (χ0n) is 13.9. The van der Waals surface area contributed by atoms with Crippen LogP contribution >= 0.6 is 0 Å². The SMILES string of the molecule is CC(C)CCNC(=O)c1ccc(Nc2ccccc2C(F)(F)F)nn1. The molecule has 0 atom stereocenters. The average molecular weight is 352 g/mol. The van der Waals surface area contributed by atoms with Gasteiger partial charge in [-0.1, -0.05) is 26.0 Å². The molecule has 0 aliphatic heterocycles. The van der Waals surface area contributed by atoms with Crippen LogP contribution in [0.1, 0.15) is 36.3 Å². The summed E-state index contributed by atoms with van der Waals surface area (Å²) in [7, 11) is 0.